The van der Waals surface area contributed by atoms with Crippen molar-refractivity contribution < 1.29 is 18.0 Å². The van der Waals surface area contributed by atoms with Crippen molar-refractivity contribution in [2.75, 3.05) is 19.8 Å². The number of halogens is 3. The molecular weight excluding hydrogens is 173 g/mol. The van der Waals surface area contributed by atoms with Crippen LogP contribution in [-0.2, 0) is 4.79 Å². The van der Waals surface area contributed by atoms with Crippen molar-refractivity contribution >= 4 is 5.91 Å². The zero-order valence-corrected chi connectivity index (χ0v) is 6.32. The molecule has 0 bridgehead atoms. The van der Waals surface area contributed by atoms with Gasteiger partial charge in [0.1, 0.15) is 0 Å². The molecule has 12 heavy (non-hydrogen) atoms. The Labute approximate surface area is 67.5 Å². The normalized spacial score (nSPS) is 18.6. The van der Waals surface area contributed by atoms with Gasteiger partial charge >= 0.3 is 12.1 Å². The minimum absolute atomic E-state index is 0.00164. The van der Waals surface area contributed by atoms with Gasteiger partial charge in [-0.25, -0.2) is 0 Å². The van der Waals surface area contributed by atoms with Crippen molar-refractivity contribution in [3.63, 3.8) is 0 Å². The molecule has 3 nitrogen and oxygen atoms in total. The number of rotatable bonds is 2. The van der Waals surface area contributed by atoms with Crippen LogP contribution in [0.4, 0.5) is 13.2 Å². The van der Waals surface area contributed by atoms with Crippen LogP contribution in [-0.4, -0.2) is 36.7 Å². The van der Waals surface area contributed by atoms with Gasteiger partial charge < -0.3 is 5.32 Å². The van der Waals surface area contributed by atoms with Gasteiger partial charge in [0, 0.05) is 13.1 Å². The van der Waals surface area contributed by atoms with E-state index in [4.69, 9.17) is 0 Å². The van der Waals surface area contributed by atoms with E-state index in [2.05, 4.69) is 0 Å². The molecule has 1 aliphatic rings. The Morgan fingerprint density at radius 1 is 1.42 bits per heavy atom. The average Bonchev–Trinajstić information content (AvgIpc) is 1.81. The molecule has 1 aliphatic heterocycles. The predicted molar refractivity (Wildman–Crippen MR) is 35.3 cm³/mol. The van der Waals surface area contributed by atoms with E-state index in [0.29, 0.717) is 0 Å². The van der Waals surface area contributed by atoms with Gasteiger partial charge in [-0.1, -0.05) is 0 Å². The molecular formula is C6H9F3N2O. The molecule has 0 aromatic heterocycles. The Hall–Kier alpha value is -0.780. The van der Waals surface area contributed by atoms with E-state index in [1.54, 1.807) is 10.2 Å². The first-order valence-corrected chi connectivity index (χ1v) is 3.57. The molecule has 0 aromatic rings. The average molecular weight is 182 g/mol. The fourth-order valence-electron chi connectivity index (χ4n) is 0.824. The fraction of sp³-hybridized carbons (Fsp3) is 0.833. The maximum Gasteiger partial charge on any atom is 0.471 e. The van der Waals surface area contributed by atoms with Crippen LogP contribution in [0.2, 0.25) is 0 Å². The molecule has 0 radical (unpaired) electrons. The zero-order chi connectivity index (χ0) is 9.19. The highest BCUT2D eigenvalue weighted by Crippen LogP contribution is 2.14. The highest BCUT2D eigenvalue weighted by Gasteiger charge is 2.38. The van der Waals surface area contributed by atoms with Gasteiger partial charge in [-0.05, 0) is 6.42 Å². The molecule has 1 saturated heterocycles. The van der Waals surface area contributed by atoms with E-state index in [-0.39, 0.29) is 6.67 Å². The Morgan fingerprint density at radius 3 is 2.33 bits per heavy atom. The summed E-state index contributed by atoms with van der Waals surface area (Å²) in [5, 5.41) is 1.79. The standard InChI is InChI=1S/C6H9F3N2O/c7-6(8,9)5(12)10-4-11-2-1-3-11/h1-4H2,(H,10,12). The molecule has 0 aromatic carbocycles. The fourth-order valence-corrected chi connectivity index (χ4v) is 0.824. The van der Waals surface area contributed by atoms with Crippen LogP contribution in [0.5, 0.6) is 0 Å². The van der Waals surface area contributed by atoms with Crippen molar-refractivity contribution in [2.45, 2.75) is 12.6 Å². The summed E-state index contributed by atoms with van der Waals surface area (Å²) in [5.41, 5.74) is 0. The van der Waals surface area contributed by atoms with Gasteiger partial charge in [0.15, 0.2) is 0 Å². The number of carbonyl (C=O) groups is 1. The summed E-state index contributed by atoms with van der Waals surface area (Å²) < 4.78 is 34.8. The second kappa shape index (κ2) is 3.30. The van der Waals surface area contributed by atoms with Gasteiger partial charge in [-0.15, -0.1) is 0 Å². The second-order valence-electron chi connectivity index (χ2n) is 2.63. The van der Waals surface area contributed by atoms with Crippen molar-refractivity contribution in [1.82, 2.24) is 10.2 Å². The minimum atomic E-state index is -4.76. The molecule has 1 heterocycles. The third kappa shape index (κ3) is 2.37. The summed E-state index contributed by atoms with van der Waals surface area (Å²) in [6.45, 7) is 1.52. The van der Waals surface area contributed by atoms with Crippen LogP contribution in [0.3, 0.4) is 0 Å². The van der Waals surface area contributed by atoms with E-state index in [0.717, 1.165) is 19.5 Å². The summed E-state index contributed by atoms with van der Waals surface area (Å²) in [6.07, 6.45) is -3.77. The number of hydrogen-bond acceptors (Lipinski definition) is 2. The molecule has 0 atom stereocenters. The molecule has 0 spiro atoms. The third-order valence-corrected chi connectivity index (χ3v) is 1.67. The number of likely N-dealkylation sites (tertiary alicyclic amines) is 1. The monoisotopic (exact) mass is 182 g/mol. The zero-order valence-electron chi connectivity index (χ0n) is 6.32. The van der Waals surface area contributed by atoms with Crippen molar-refractivity contribution in [2.24, 2.45) is 0 Å². The lowest BCUT2D eigenvalue weighted by Crippen LogP contribution is -2.48. The quantitative estimate of drug-likeness (QED) is 0.667. The van der Waals surface area contributed by atoms with Gasteiger partial charge in [0.05, 0.1) is 6.67 Å². The molecule has 0 unspecified atom stereocenters. The highest BCUT2D eigenvalue weighted by atomic mass is 19.4. The number of alkyl halides is 3. The maximum absolute atomic E-state index is 11.6. The topological polar surface area (TPSA) is 32.3 Å². The third-order valence-electron chi connectivity index (χ3n) is 1.67. The Bertz CT molecular complexity index is 176. The highest BCUT2D eigenvalue weighted by molar-refractivity contribution is 5.81. The van der Waals surface area contributed by atoms with Crippen LogP contribution in [0.25, 0.3) is 0 Å². The van der Waals surface area contributed by atoms with Gasteiger partial charge in [-0.2, -0.15) is 13.2 Å². The molecule has 6 heteroatoms. The number of nitrogens with zero attached hydrogens (tertiary/aromatic N) is 1. The first kappa shape index (κ1) is 9.31. The van der Waals surface area contributed by atoms with E-state index < -0.39 is 12.1 Å². The lowest BCUT2D eigenvalue weighted by Gasteiger charge is -2.30. The predicted octanol–water partition coefficient (Wildman–Crippen LogP) is 0.328. The summed E-state index contributed by atoms with van der Waals surface area (Å²) in [5.74, 6) is -1.87. The van der Waals surface area contributed by atoms with E-state index in [9.17, 15) is 18.0 Å². The number of amides is 1. The Balaban J connectivity index is 2.17. The molecule has 0 saturated carbocycles. The molecule has 1 fully saturated rings. The summed E-state index contributed by atoms with van der Waals surface area (Å²) in [7, 11) is 0. The number of hydrogen-bond donors (Lipinski definition) is 1. The Morgan fingerprint density at radius 2 is 2.00 bits per heavy atom. The van der Waals surface area contributed by atoms with Crippen molar-refractivity contribution in [1.29, 1.82) is 0 Å². The lowest BCUT2D eigenvalue weighted by molar-refractivity contribution is -0.174. The number of carbonyl (C=O) groups excluding carboxylic acids is 1. The summed E-state index contributed by atoms with van der Waals surface area (Å²) in [4.78, 5) is 12.0. The smallest absolute Gasteiger partial charge is 0.336 e. The maximum atomic E-state index is 11.6. The van der Waals surface area contributed by atoms with Crippen molar-refractivity contribution in [3.8, 4) is 0 Å². The summed E-state index contributed by atoms with van der Waals surface area (Å²) in [6, 6.07) is 0. The van der Waals surface area contributed by atoms with Crippen LogP contribution in [0.1, 0.15) is 6.42 Å². The Kier molecular flexibility index (Phi) is 2.56. The van der Waals surface area contributed by atoms with E-state index in [1.165, 1.54) is 0 Å². The molecule has 1 amide bonds. The molecule has 1 N–H and O–H groups in total. The van der Waals surface area contributed by atoms with Gasteiger partial charge in [0.2, 0.25) is 0 Å². The second-order valence-corrected chi connectivity index (χ2v) is 2.63. The van der Waals surface area contributed by atoms with E-state index in [1.807, 2.05) is 0 Å². The molecule has 1 rings (SSSR count). The SMILES string of the molecule is O=C(NCN1CCC1)C(F)(F)F. The molecule has 0 aliphatic carbocycles. The largest absolute Gasteiger partial charge is 0.471 e. The van der Waals surface area contributed by atoms with Gasteiger partial charge in [-0.3, -0.25) is 9.69 Å². The van der Waals surface area contributed by atoms with Crippen LogP contribution in [0, 0.1) is 0 Å². The van der Waals surface area contributed by atoms with Crippen LogP contribution < -0.4 is 5.32 Å². The van der Waals surface area contributed by atoms with Crippen LogP contribution >= 0.6 is 0 Å². The number of nitrogens with one attached hydrogen (secondary N) is 1. The van der Waals surface area contributed by atoms with E-state index >= 15 is 0 Å². The first-order chi connectivity index (χ1) is 5.50. The van der Waals surface area contributed by atoms with Crippen LogP contribution in [0.15, 0.2) is 0 Å². The van der Waals surface area contributed by atoms with Crippen molar-refractivity contribution in [3.05, 3.63) is 0 Å². The van der Waals surface area contributed by atoms with Gasteiger partial charge in [0.25, 0.3) is 0 Å². The minimum Gasteiger partial charge on any atom is -0.336 e. The summed E-state index contributed by atoms with van der Waals surface area (Å²) >= 11 is 0. The molecule has 70 valence electrons. The lowest BCUT2D eigenvalue weighted by atomic mass is 10.2. The first-order valence-electron chi connectivity index (χ1n) is 3.57.